The minimum absolute atomic E-state index is 0.0803. The average Bonchev–Trinajstić information content (AvgIpc) is 3.31. The van der Waals surface area contributed by atoms with Gasteiger partial charge in [-0.1, -0.05) is 40.0 Å². The van der Waals surface area contributed by atoms with E-state index in [4.69, 9.17) is 4.99 Å². The van der Waals surface area contributed by atoms with Crippen LogP contribution in [0.1, 0.15) is 98.3 Å². The van der Waals surface area contributed by atoms with E-state index in [1.54, 1.807) is 11.3 Å². The Morgan fingerprint density at radius 3 is 2.69 bits per heavy atom. The molecule has 0 bridgehead atoms. The lowest BCUT2D eigenvalue weighted by molar-refractivity contribution is 0.0927. The quantitative estimate of drug-likeness (QED) is 0.544. The van der Waals surface area contributed by atoms with Crippen LogP contribution in [0.2, 0.25) is 0 Å². The summed E-state index contributed by atoms with van der Waals surface area (Å²) in [7, 11) is 0. The van der Waals surface area contributed by atoms with Crippen LogP contribution in [-0.4, -0.2) is 27.9 Å². The van der Waals surface area contributed by atoms with Crippen LogP contribution in [0.4, 0.5) is 5.00 Å². The standard InChI is InChI=1S/C26H38N4OS/c1-6-30-17(2)18(16-28-30)15-27-25-23(24(31)29-20-10-8-7-9-11-20)21-13-12-19(26(3,4)5)14-22(21)32-25/h15-16,19-20H,6-14H2,1-5H3,(H,29,31)/b27-15+. The number of aryl methyl sites for hydroxylation is 1. The van der Waals surface area contributed by atoms with Crippen LogP contribution in [0.5, 0.6) is 0 Å². The Morgan fingerprint density at radius 2 is 2.03 bits per heavy atom. The molecule has 1 fully saturated rings. The van der Waals surface area contributed by atoms with Gasteiger partial charge < -0.3 is 5.32 Å². The fraction of sp³-hybridized carbons (Fsp3) is 0.654. The number of hydrogen-bond donors (Lipinski definition) is 1. The van der Waals surface area contributed by atoms with E-state index in [0.717, 1.165) is 60.5 Å². The zero-order chi connectivity index (χ0) is 22.9. The number of fused-ring (bicyclic) bond motifs is 1. The molecule has 0 aromatic carbocycles. The summed E-state index contributed by atoms with van der Waals surface area (Å²) in [6.07, 6.45) is 12.8. The number of hydrogen-bond acceptors (Lipinski definition) is 4. The summed E-state index contributed by atoms with van der Waals surface area (Å²) in [5.41, 5.74) is 4.49. The Morgan fingerprint density at radius 1 is 1.28 bits per heavy atom. The second-order valence-electron chi connectivity index (χ2n) is 10.6. The Bertz CT molecular complexity index is 988. The second kappa shape index (κ2) is 9.50. The third-order valence-corrected chi connectivity index (χ3v) is 8.56. The fourth-order valence-corrected chi connectivity index (χ4v) is 6.44. The van der Waals surface area contributed by atoms with Gasteiger partial charge in [0.1, 0.15) is 5.00 Å². The molecular formula is C26H38N4OS. The molecule has 0 spiro atoms. The van der Waals surface area contributed by atoms with Crippen LogP contribution < -0.4 is 5.32 Å². The first-order valence-corrected chi connectivity index (χ1v) is 13.1. The highest BCUT2D eigenvalue weighted by molar-refractivity contribution is 7.16. The van der Waals surface area contributed by atoms with Crippen molar-refractivity contribution >= 4 is 28.5 Å². The number of aromatic nitrogens is 2. The molecule has 4 rings (SSSR count). The van der Waals surface area contributed by atoms with Crippen molar-refractivity contribution in [3.05, 3.63) is 33.5 Å². The van der Waals surface area contributed by atoms with Gasteiger partial charge in [-0.15, -0.1) is 11.3 Å². The summed E-state index contributed by atoms with van der Waals surface area (Å²) in [6, 6.07) is 0.305. The number of carbonyl (C=O) groups excluding carboxylic acids is 1. The molecule has 2 heterocycles. The topological polar surface area (TPSA) is 59.3 Å². The van der Waals surface area contributed by atoms with E-state index >= 15 is 0 Å². The number of nitrogens with one attached hydrogen (secondary N) is 1. The molecule has 0 aliphatic heterocycles. The number of nitrogens with zero attached hydrogens (tertiary/aromatic N) is 3. The van der Waals surface area contributed by atoms with Gasteiger partial charge in [-0.2, -0.15) is 5.10 Å². The highest BCUT2D eigenvalue weighted by atomic mass is 32.1. The SMILES string of the molecule is CCn1ncc(/C=N/c2sc3c(c2C(=O)NC2CCCCC2)CCC(C(C)(C)C)C3)c1C. The van der Waals surface area contributed by atoms with Crippen LogP contribution in [0.15, 0.2) is 11.2 Å². The lowest BCUT2D eigenvalue weighted by Gasteiger charge is -2.34. The van der Waals surface area contributed by atoms with E-state index in [1.165, 1.54) is 29.7 Å². The highest BCUT2D eigenvalue weighted by Crippen LogP contribution is 2.45. The van der Waals surface area contributed by atoms with Gasteiger partial charge in [0.25, 0.3) is 5.91 Å². The van der Waals surface area contributed by atoms with E-state index in [0.29, 0.717) is 12.0 Å². The maximum absolute atomic E-state index is 13.5. The van der Waals surface area contributed by atoms with Gasteiger partial charge in [0.15, 0.2) is 0 Å². The molecular weight excluding hydrogens is 416 g/mol. The van der Waals surface area contributed by atoms with E-state index in [-0.39, 0.29) is 11.3 Å². The Hall–Kier alpha value is -1.95. The third-order valence-electron chi connectivity index (χ3n) is 7.40. The molecule has 6 heteroatoms. The van der Waals surface area contributed by atoms with Crippen LogP contribution in [0.3, 0.4) is 0 Å². The van der Waals surface area contributed by atoms with Gasteiger partial charge in [0.2, 0.25) is 0 Å². The minimum atomic E-state index is 0.0803. The molecule has 2 aliphatic rings. The summed E-state index contributed by atoms with van der Waals surface area (Å²) in [5, 5.41) is 8.65. The zero-order valence-electron chi connectivity index (χ0n) is 20.3. The van der Waals surface area contributed by atoms with Crippen LogP contribution in [0, 0.1) is 18.3 Å². The van der Waals surface area contributed by atoms with Crippen molar-refractivity contribution in [1.29, 1.82) is 0 Å². The molecule has 1 saturated carbocycles. The van der Waals surface area contributed by atoms with Crippen molar-refractivity contribution in [1.82, 2.24) is 15.1 Å². The molecule has 1 atom stereocenters. The van der Waals surface area contributed by atoms with Crippen molar-refractivity contribution in [2.75, 3.05) is 0 Å². The summed E-state index contributed by atoms with van der Waals surface area (Å²) in [4.78, 5) is 19.7. The van der Waals surface area contributed by atoms with Gasteiger partial charge >= 0.3 is 0 Å². The Labute approximate surface area is 196 Å². The Balaban J connectivity index is 1.66. The number of aliphatic imine (C=N–C) groups is 1. The predicted octanol–water partition coefficient (Wildman–Crippen LogP) is 6.24. The summed E-state index contributed by atoms with van der Waals surface area (Å²) in [6.45, 7) is 12.0. The summed E-state index contributed by atoms with van der Waals surface area (Å²) < 4.78 is 1.98. The normalized spacial score (nSPS) is 20.0. The smallest absolute Gasteiger partial charge is 0.254 e. The van der Waals surface area contributed by atoms with Gasteiger partial charge in [-0.3, -0.25) is 9.48 Å². The molecule has 1 N–H and O–H groups in total. The molecule has 0 saturated heterocycles. The monoisotopic (exact) mass is 454 g/mol. The molecule has 1 amide bonds. The molecule has 174 valence electrons. The van der Waals surface area contributed by atoms with Crippen molar-refractivity contribution in [3.8, 4) is 0 Å². The van der Waals surface area contributed by atoms with Crippen LogP contribution in [-0.2, 0) is 19.4 Å². The van der Waals surface area contributed by atoms with E-state index < -0.39 is 0 Å². The molecule has 2 aromatic heterocycles. The van der Waals surface area contributed by atoms with Crippen molar-refractivity contribution in [2.45, 2.75) is 98.6 Å². The Kier molecular flexibility index (Phi) is 6.89. The van der Waals surface area contributed by atoms with Crippen molar-refractivity contribution in [2.24, 2.45) is 16.3 Å². The first-order valence-electron chi connectivity index (χ1n) is 12.3. The van der Waals surface area contributed by atoms with Crippen molar-refractivity contribution < 1.29 is 4.79 Å². The van der Waals surface area contributed by atoms with Crippen LogP contribution >= 0.6 is 11.3 Å². The third kappa shape index (κ3) is 4.85. The zero-order valence-corrected chi connectivity index (χ0v) is 21.1. The summed E-state index contributed by atoms with van der Waals surface area (Å²) >= 11 is 1.72. The number of rotatable bonds is 5. The van der Waals surface area contributed by atoms with E-state index in [1.807, 2.05) is 17.1 Å². The van der Waals surface area contributed by atoms with Gasteiger partial charge in [-0.05, 0) is 62.8 Å². The molecule has 2 aliphatic carbocycles. The van der Waals surface area contributed by atoms with E-state index in [9.17, 15) is 4.79 Å². The maximum Gasteiger partial charge on any atom is 0.254 e. The number of amides is 1. The molecule has 5 nitrogen and oxygen atoms in total. The minimum Gasteiger partial charge on any atom is -0.349 e. The molecule has 32 heavy (non-hydrogen) atoms. The van der Waals surface area contributed by atoms with Gasteiger partial charge in [-0.25, -0.2) is 4.99 Å². The van der Waals surface area contributed by atoms with Crippen LogP contribution in [0.25, 0.3) is 0 Å². The lowest BCUT2D eigenvalue weighted by atomic mass is 9.72. The van der Waals surface area contributed by atoms with Gasteiger partial charge in [0.05, 0.1) is 11.8 Å². The molecule has 0 radical (unpaired) electrons. The second-order valence-corrected chi connectivity index (χ2v) is 11.6. The summed E-state index contributed by atoms with van der Waals surface area (Å²) in [5.74, 6) is 0.724. The first-order chi connectivity index (χ1) is 15.3. The number of carbonyl (C=O) groups is 1. The first kappa shape index (κ1) is 23.2. The van der Waals surface area contributed by atoms with Crippen molar-refractivity contribution in [3.63, 3.8) is 0 Å². The number of thiophene rings is 1. The molecule has 1 unspecified atom stereocenters. The average molecular weight is 455 g/mol. The fourth-order valence-electron chi connectivity index (χ4n) is 5.17. The highest BCUT2D eigenvalue weighted by Gasteiger charge is 2.34. The predicted molar refractivity (Wildman–Crippen MR) is 134 cm³/mol. The largest absolute Gasteiger partial charge is 0.349 e. The van der Waals surface area contributed by atoms with E-state index in [2.05, 4.69) is 45.0 Å². The maximum atomic E-state index is 13.5. The van der Waals surface area contributed by atoms with Gasteiger partial charge in [0, 0.05) is 34.9 Å². The molecule has 2 aromatic rings. The lowest BCUT2D eigenvalue weighted by Crippen LogP contribution is -2.36.